The maximum atomic E-state index is 10.2. The highest BCUT2D eigenvalue weighted by atomic mass is 16.5. The minimum absolute atomic E-state index is 0.102. The van der Waals surface area contributed by atoms with Gasteiger partial charge in [0.25, 0.3) is 0 Å². The van der Waals surface area contributed by atoms with E-state index < -0.39 is 5.60 Å². The lowest BCUT2D eigenvalue weighted by molar-refractivity contribution is -0.0236. The van der Waals surface area contributed by atoms with Crippen LogP contribution < -0.4 is 5.32 Å². The van der Waals surface area contributed by atoms with Crippen LogP contribution in [0.1, 0.15) is 33.6 Å². The molecule has 16 heavy (non-hydrogen) atoms. The lowest BCUT2D eigenvalue weighted by Gasteiger charge is -2.40. The monoisotopic (exact) mass is 231 g/mol. The topological polar surface area (TPSA) is 61.7 Å². The van der Waals surface area contributed by atoms with Crippen LogP contribution in [0.15, 0.2) is 0 Å². The summed E-state index contributed by atoms with van der Waals surface area (Å²) in [5, 5.41) is 23.0. The summed E-state index contributed by atoms with van der Waals surface area (Å²) in [7, 11) is 0. The fraction of sp³-hybridized carbons (Fsp3) is 1.00. The molecule has 1 unspecified atom stereocenters. The number of hydrogen-bond donors (Lipinski definition) is 3. The van der Waals surface area contributed by atoms with Crippen LogP contribution in [0.25, 0.3) is 0 Å². The average molecular weight is 231 g/mol. The van der Waals surface area contributed by atoms with Crippen LogP contribution in [0, 0.1) is 5.92 Å². The van der Waals surface area contributed by atoms with Gasteiger partial charge in [-0.15, -0.1) is 0 Å². The molecule has 0 aromatic heterocycles. The first-order chi connectivity index (χ1) is 7.42. The second-order valence-corrected chi connectivity index (χ2v) is 5.42. The summed E-state index contributed by atoms with van der Waals surface area (Å²) >= 11 is 0. The Bertz CT molecular complexity index is 210. The van der Waals surface area contributed by atoms with Crippen LogP contribution in [-0.2, 0) is 4.74 Å². The summed E-state index contributed by atoms with van der Waals surface area (Å²) in [6.07, 6.45) is 1.61. The molecular formula is C12H25NO3. The van der Waals surface area contributed by atoms with Crippen LogP contribution in [0.5, 0.6) is 0 Å². The number of rotatable bonds is 5. The summed E-state index contributed by atoms with van der Waals surface area (Å²) in [4.78, 5) is 0. The molecule has 1 atom stereocenters. The molecule has 4 nitrogen and oxygen atoms in total. The Morgan fingerprint density at radius 2 is 1.94 bits per heavy atom. The van der Waals surface area contributed by atoms with Crippen molar-refractivity contribution in [1.82, 2.24) is 5.32 Å². The van der Waals surface area contributed by atoms with Gasteiger partial charge in [0.05, 0.1) is 12.2 Å². The zero-order valence-corrected chi connectivity index (χ0v) is 10.6. The summed E-state index contributed by atoms with van der Waals surface area (Å²) in [6.45, 7) is 7.79. The van der Waals surface area contributed by atoms with Gasteiger partial charge in [0.15, 0.2) is 0 Å². The van der Waals surface area contributed by atoms with Crippen molar-refractivity contribution >= 4 is 0 Å². The molecule has 0 aromatic carbocycles. The maximum absolute atomic E-state index is 10.2. The molecule has 96 valence electrons. The molecule has 1 fully saturated rings. The normalized spacial score (nSPS) is 24.4. The van der Waals surface area contributed by atoms with E-state index in [2.05, 4.69) is 5.32 Å². The minimum Gasteiger partial charge on any atom is -0.394 e. The molecule has 1 aliphatic heterocycles. The standard InChI is InChI=1S/C12H25NO3/c1-10(2)11(3,15)8-13-12(9-14)4-6-16-7-5-12/h10,13-15H,4-9H2,1-3H3. The summed E-state index contributed by atoms with van der Waals surface area (Å²) in [5.41, 5.74) is -1.00. The number of nitrogens with one attached hydrogen (secondary N) is 1. The van der Waals surface area contributed by atoms with Crippen molar-refractivity contribution in [2.75, 3.05) is 26.4 Å². The van der Waals surface area contributed by atoms with Gasteiger partial charge in [0.1, 0.15) is 0 Å². The molecule has 0 amide bonds. The van der Waals surface area contributed by atoms with E-state index >= 15 is 0 Å². The highest BCUT2D eigenvalue weighted by Crippen LogP contribution is 2.22. The van der Waals surface area contributed by atoms with E-state index in [4.69, 9.17) is 4.74 Å². The Kier molecular flexibility index (Phi) is 4.73. The summed E-state index contributed by atoms with van der Waals surface area (Å²) in [6, 6.07) is 0. The zero-order chi connectivity index (χ0) is 12.2. The number of hydrogen-bond acceptors (Lipinski definition) is 4. The van der Waals surface area contributed by atoms with Crippen LogP contribution >= 0.6 is 0 Å². The minimum atomic E-state index is -0.736. The molecule has 0 radical (unpaired) electrons. The van der Waals surface area contributed by atoms with Crippen molar-refractivity contribution in [3.05, 3.63) is 0 Å². The summed E-state index contributed by atoms with van der Waals surface area (Å²) in [5.74, 6) is 0.190. The van der Waals surface area contributed by atoms with Gasteiger partial charge < -0.3 is 20.3 Å². The van der Waals surface area contributed by atoms with Gasteiger partial charge in [-0.3, -0.25) is 0 Å². The predicted molar refractivity (Wildman–Crippen MR) is 63.3 cm³/mol. The molecule has 0 bridgehead atoms. The van der Waals surface area contributed by atoms with Gasteiger partial charge in [0.2, 0.25) is 0 Å². The number of β-amino-alcohol motifs (C(OH)–C–C–N with tert-alkyl or cyclic N) is 1. The first kappa shape index (κ1) is 13.9. The molecule has 4 heteroatoms. The fourth-order valence-electron chi connectivity index (χ4n) is 1.72. The van der Waals surface area contributed by atoms with Gasteiger partial charge in [-0.1, -0.05) is 13.8 Å². The van der Waals surface area contributed by atoms with Gasteiger partial charge in [-0.25, -0.2) is 0 Å². The van der Waals surface area contributed by atoms with Crippen molar-refractivity contribution in [3.63, 3.8) is 0 Å². The van der Waals surface area contributed by atoms with Crippen LogP contribution in [-0.4, -0.2) is 47.7 Å². The Labute approximate surface area is 98.0 Å². The van der Waals surface area contributed by atoms with Crippen LogP contribution in [0.3, 0.4) is 0 Å². The van der Waals surface area contributed by atoms with E-state index in [9.17, 15) is 10.2 Å². The Balaban J connectivity index is 2.50. The van der Waals surface area contributed by atoms with Crippen LogP contribution in [0.2, 0.25) is 0 Å². The third-order valence-corrected chi connectivity index (χ3v) is 3.82. The molecule has 0 aromatic rings. The van der Waals surface area contributed by atoms with Gasteiger partial charge in [-0.05, 0) is 25.7 Å². The van der Waals surface area contributed by atoms with Crippen molar-refractivity contribution in [2.24, 2.45) is 5.92 Å². The second kappa shape index (κ2) is 5.45. The fourth-order valence-corrected chi connectivity index (χ4v) is 1.72. The summed E-state index contributed by atoms with van der Waals surface area (Å²) < 4.78 is 5.29. The van der Waals surface area contributed by atoms with E-state index in [1.54, 1.807) is 0 Å². The molecule has 0 spiro atoms. The molecule has 1 saturated heterocycles. The first-order valence-corrected chi connectivity index (χ1v) is 6.08. The van der Waals surface area contributed by atoms with Crippen molar-refractivity contribution in [2.45, 2.75) is 44.8 Å². The molecular weight excluding hydrogens is 206 g/mol. The lowest BCUT2D eigenvalue weighted by atomic mass is 9.87. The van der Waals surface area contributed by atoms with E-state index in [1.165, 1.54) is 0 Å². The van der Waals surface area contributed by atoms with Gasteiger partial charge in [0, 0.05) is 25.3 Å². The highest BCUT2D eigenvalue weighted by Gasteiger charge is 2.34. The molecule has 1 heterocycles. The predicted octanol–water partition coefficient (Wildman–Crippen LogP) is 0.524. The molecule has 3 N–H and O–H groups in total. The number of aliphatic hydroxyl groups is 2. The Morgan fingerprint density at radius 3 is 2.38 bits per heavy atom. The van der Waals surface area contributed by atoms with Crippen molar-refractivity contribution < 1.29 is 14.9 Å². The number of aliphatic hydroxyl groups excluding tert-OH is 1. The lowest BCUT2D eigenvalue weighted by Crippen LogP contribution is -2.57. The van der Waals surface area contributed by atoms with E-state index in [-0.39, 0.29) is 18.1 Å². The Hall–Kier alpha value is -0.160. The maximum Gasteiger partial charge on any atom is 0.0766 e. The van der Waals surface area contributed by atoms with E-state index in [1.807, 2.05) is 20.8 Å². The van der Waals surface area contributed by atoms with Gasteiger partial charge in [-0.2, -0.15) is 0 Å². The second-order valence-electron chi connectivity index (χ2n) is 5.42. The molecule has 1 aliphatic rings. The first-order valence-electron chi connectivity index (χ1n) is 6.08. The van der Waals surface area contributed by atoms with E-state index in [0.29, 0.717) is 19.8 Å². The third kappa shape index (κ3) is 3.42. The zero-order valence-electron chi connectivity index (χ0n) is 10.6. The van der Waals surface area contributed by atoms with Gasteiger partial charge >= 0.3 is 0 Å². The van der Waals surface area contributed by atoms with E-state index in [0.717, 1.165) is 12.8 Å². The third-order valence-electron chi connectivity index (χ3n) is 3.82. The smallest absolute Gasteiger partial charge is 0.0766 e. The van der Waals surface area contributed by atoms with Crippen molar-refractivity contribution in [1.29, 1.82) is 0 Å². The highest BCUT2D eigenvalue weighted by molar-refractivity contribution is 4.92. The van der Waals surface area contributed by atoms with Crippen LogP contribution in [0.4, 0.5) is 0 Å². The Morgan fingerprint density at radius 1 is 1.38 bits per heavy atom. The quantitative estimate of drug-likeness (QED) is 0.646. The SMILES string of the molecule is CC(C)C(C)(O)CNC1(CO)CCOCC1. The molecule has 1 rings (SSSR count). The average Bonchev–Trinajstić information content (AvgIpc) is 2.28. The van der Waals surface area contributed by atoms with Crippen molar-refractivity contribution in [3.8, 4) is 0 Å². The molecule has 0 aliphatic carbocycles. The largest absolute Gasteiger partial charge is 0.394 e. The number of ether oxygens (including phenoxy) is 1. The molecule has 0 saturated carbocycles.